The van der Waals surface area contributed by atoms with Crippen LogP contribution < -0.4 is 0 Å². The molecule has 0 aliphatic carbocycles. The Kier molecular flexibility index (Phi) is 9.48. The first-order chi connectivity index (χ1) is 9.06. The summed E-state index contributed by atoms with van der Waals surface area (Å²) in [4.78, 5) is 26.5. The monoisotopic (exact) mass is 330 g/mol. The van der Waals surface area contributed by atoms with Crippen molar-refractivity contribution in [3.63, 3.8) is 0 Å². The molecule has 0 amide bonds. The summed E-state index contributed by atoms with van der Waals surface area (Å²) in [5.74, 6) is 0.454. The van der Waals surface area contributed by atoms with E-state index in [1.807, 2.05) is 0 Å². The summed E-state index contributed by atoms with van der Waals surface area (Å²) >= 11 is 0. The van der Waals surface area contributed by atoms with Crippen LogP contribution in [0.5, 0.6) is 0 Å². The summed E-state index contributed by atoms with van der Waals surface area (Å²) in [6.45, 7) is 6.12. The summed E-state index contributed by atoms with van der Waals surface area (Å²) in [6.07, 6.45) is 6.24. The first-order valence-corrected chi connectivity index (χ1v) is 10.4. The predicted octanol–water partition coefficient (Wildman–Crippen LogP) is 3.91. The third kappa shape index (κ3) is 12.1. The Morgan fingerprint density at radius 1 is 0.950 bits per heavy atom. The second-order valence-electron chi connectivity index (χ2n) is 5.68. The topological polar surface area (TPSA) is 104 Å². The SMILES string of the molecule is CCCCC[C@H](C)CCC(C)CP(=O)(O)OP(=O)(O)O. The second-order valence-corrected chi connectivity index (χ2v) is 8.95. The standard InChI is InChI=1S/C12H28O6P2/c1-4-5-6-7-11(2)8-9-12(3)10-19(13,14)18-20(15,16)17/h11-12H,4-10H2,1-3H3,(H,13,14)(H2,15,16,17)/t11-,12?/m0/s1. The van der Waals surface area contributed by atoms with E-state index in [4.69, 9.17) is 9.79 Å². The molecule has 0 fully saturated rings. The lowest BCUT2D eigenvalue weighted by atomic mass is 9.94. The Morgan fingerprint density at radius 3 is 2.00 bits per heavy atom. The Morgan fingerprint density at radius 2 is 1.50 bits per heavy atom. The molecule has 0 saturated heterocycles. The fourth-order valence-corrected chi connectivity index (χ4v) is 4.71. The Labute approximate surface area is 121 Å². The maximum atomic E-state index is 11.5. The van der Waals surface area contributed by atoms with Gasteiger partial charge in [0.05, 0.1) is 6.16 Å². The van der Waals surface area contributed by atoms with Crippen molar-refractivity contribution in [2.24, 2.45) is 11.8 Å². The molecule has 20 heavy (non-hydrogen) atoms. The highest BCUT2D eigenvalue weighted by atomic mass is 31.3. The quantitative estimate of drug-likeness (QED) is 0.392. The molecule has 6 nitrogen and oxygen atoms in total. The molecule has 8 heteroatoms. The third-order valence-corrected chi connectivity index (χ3v) is 6.19. The molecule has 2 unspecified atom stereocenters. The summed E-state index contributed by atoms with van der Waals surface area (Å²) < 4.78 is 26.1. The van der Waals surface area contributed by atoms with Crippen LogP contribution in [0, 0.1) is 11.8 Å². The van der Waals surface area contributed by atoms with E-state index in [9.17, 15) is 14.0 Å². The van der Waals surface area contributed by atoms with Gasteiger partial charge in [-0.1, -0.05) is 52.9 Å². The van der Waals surface area contributed by atoms with Gasteiger partial charge in [0, 0.05) is 0 Å². The van der Waals surface area contributed by atoms with Gasteiger partial charge < -0.3 is 14.7 Å². The van der Waals surface area contributed by atoms with Crippen molar-refractivity contribution in [3.8, 4) is 0 Å². The van der Waals surface area contributed by atoms with Crippen LogP contribution in [-0.4, -0.2) is 20.8 Å². The zero-order valence-electron chi connectivity index (χ0n) is 12.6. The van der Waals surface area contributed by atoms with Gasteiger partial charge in [-0.05, 0) is 18.3 Å². The van der Waals surface area contributed by atoms with Crippen LogP contribution in [0.2, 0.25) is 0 Å². The van der Waals surface area contributed by atoms with Crippen molar-refractivity contribution < 1.29 is 28.1 Å². The molecule has 122 valence electrons. The lowest BCUT2D eigenvalue weighted by Gasteiger charge is -2.18. The van der Waals surface area contributed by atoms with Crippen LogP contribution >= 0.6 is 15.4 Å². The van der Waals surface area contributed by atoms with Crippen molar-refractivity contribution in [2.75, 3.05) is 6.16 Å². The van der Waals surface area contributed by atoms with E-state index < -0.39 is 15.4 Å². The van der Waals surface area contributed by atoms with Gasteiger partial charge in [0.1, 0.15) is 0 Å². The predicted molar refractivity (Wildman–Crippen MR) is 79.5 cm³/mol. The first-order valence-electron chi connectivity index (χ1n) is 7.14. The van der Waals surface area contributed by atoms with Crippen LogP contribution in [-0.2, 0) is 13.4 Å². The number of rotatable bonds is 11. The second kappa shape index (κ2) is 9.34. The van der Waals surface area contributed by atoms with Crippen LogP contribution in [0.1, 0.15) is 59.3 Å². The molecule has 0 heterocycles. The molecule has 0 aliphatic rings. The fraction of sp³-hybridized carbons (Fsp3) is 1.00. The largest absolute Gasteiger partial charge is 0.476 e. The average molecular weight is 330 g/mol. The minimum Gasteiger partial charge on any atom is -0.324 e. The van der Waals surface area contributed by atoms with Gasteiger partial charge in [-0.3, -0.25) is 4.57 Å². The van der Waals surface area contributed by atoms with E-state index in [-0.39, 0.29) is 12.1 Å². The van der Waals surface area contributed by atoms with Crippen molar-refractivity contribution in [1.29, 1.82) is 0 Å². The van der Waals surface area contributed by atoms with E-state index in [0.29, 0.717) is 5.92 Å². The van der Waals surface area contributed by atoms with Crippen LogP contribution in [0.15, 0.2) is 0 Å². The molecule has 0 spiro atoms. The molecular weight excluding hydrogens is 302 g/mol. The maximum absolute atomic E-state index is 11.5. The van der Waals surface area contributed by atoms with Gasteiger partial charge in [-0.25, -0.2) is 8.88 Å². The maximum Gasteiger partial charge on any atom is 0.476 e. The third-order valence-electron chi connectivity index (χ3n) is 3.23. The highest BCUT2D eigenvalue weighted by Gasteiger charge is 2.32. The van der Waals surface area contributed by atoms with E-state index in [1.54, 1.807) is 6.92 Å². The highest BCUT2D eigenvalue weighted by molar-refractivity contribution is 7.63. The van der Waals surface area contributed by atoms with E-state index in [2.05, 4.69) is 18.2 Å². The van der Waals surface area contributed by atoms with Crippen molar-refractivity contribution >= 4 is 15.4 Å². The molecule has 0 aromatic heterocycles. The lowest BCUT2D eigenvalue weighted by Crippen LogP contribution is -2.06. The van der Waals surface area contributed by atoms with Gasteiger partial charge >= 0.3 is 15.4 Å². The molecular formula is C12H28O6P2. The van der Waals surface area contributed by atoms with Crippen LogP contribution in [0.25, 0.3) is 0 Å². The molecule has 0 aromatic rings. The Hall–Kier alpha value is 0.300. The molecule has 0 aromatic carbocycles. The van der Waals surface area contributed by atoms with Crippen molar-refractivity contribution in [1.82, 2.24) is 0 Å². The molecule has 0 rings (SSSR count). The first kappa shape index (κ1) is 20.3. The summed E-state index contributed by atoms with van der Waals surface area (Å²) in [6, 6.07) is 0. The van der Waals surface area contributed by atoms with E-state index in [1.165, 1.54) is 19.3 Å². The minimum absolute atomic E-state index is 0.106. The number of unbranched alkanes of at least 4 members (excludes halogenated alkanes) is 2. The van der Waals surface area contributed by atoms with Gasteiger partial charge in [-0.15, -0.1) is 0 Å². The molecule has 0 aliphatic heterocycles. The van der Waals surface area contributed by atoms with Gasteiger partial charge in [0.15, 0.2) is 0 Å². The summed E-state index contributed by atoms with van der Waals surface area (Å²) in [5, 5.41) is 0. The zero-order valence-corrected chi connectivity index (χ0v) is 14.4. The minimum atomic E-state index is -4.91. The normalized spacial score (nSPS) is 18.5. The van der Waals surface area contributed by atoms with Crippen LogP contribution in [0.4, 0.5) is 0 Å². The zero-order chi connectivity index (χ0) is 15.8. The van der Waals surface area contributed by atoms with Gasteiger partial charge in [-0.2, -0.15) is 0 Å². The van der Waals surface area contributed by atoms with Crippen molar-refractivity contribution in [3.05, 3.63) is 0 Å². The van der Waals surface area contributed by atoms with Crippen molar-refractivity contribution in [2.45, 2.75) is 59.3 Å². The van der Waals surface area contributed by atoms with Crippen LogP contribution in [0.3, 0.4) is 0 Å². The number of hydrogen-bond donors (Lipinski definition) is 3. The fourth-order valence-electron chi connectivity index (χ4n) is 2.14. The average Bonchev–Trinajstić information content (AvgIpc) is 2.22. The molecule has 0 radical (unpaired) electrons. The summed E-state index contributed by atoms with van der Waals surface area (Å²) in [7, 11) is -9.13. The molecule has 0 bridgehead atoms. The van der Waals surface area contributed by atoms with Gasteiger partial charge in [0.2, 0.25) is 0 Å². The molecule has 0 saturated carbocycles. The van der Waals surface area contributed by atoms with Gasteiger partial charge in [0.25, 0.3) is 0 Å². The highest BCUT2D eigenvalue weighted by Crippen LogP contribution is 2.57. The van der Waals surface area contributed by atoms with E-state index >= 15 is 0 Å². The van der Waals surface area contributed by atoms with E-state index in [0.717, 1.165) is 19.3 Å². The Bertz CT molecular complexity index is 354. The molecule has 3 N–H and O–H groups in total. The number of phosphoric acid groups is 1. The smallest absolute Gasteiger partial charge is 0.324 e. The molecule has 3 atom stereocenters. The lowest BCUT2D eigenvalue weighted by molar-refractivity contribution is 0.260. The Balaban J connectivity index is 4.01. The number of hydrogen-bond acceptors (Lipinski definition) is 3. The summed E-state index contributed by atoms with van der Waals surface area (Å²) in [5.41, 5.74) is 0.